The third kappa shape index (κ3) is 4.74. The van der Waals surface area contributed by atoms with Crippen molar-refractivity contribution >= 4 is 27.3 Å². The molecule has 0 amide bonds. The Morgan fingerprint density at radius 3 is 2.48 bits per heavy atom. The zero-order chi connectivity index (χ0) is 19.7. The number of sulfone groups is 1. The zero-order valence-electron chi connectivity index (χ0n) is 16.3. The van der Waals surface area contributed by atoms with Gasteiger partial charge in [-0.15, -0.1) is 5.10 Å². The minimum atomic E-state index is -2.95. The van der Waals surface area contributed by atoms with E-state index in [0.717, 1.165) is 5.69 Å². The highest BCUT2D eigenvalue weighted by Gasteiger charge is 2.32. The van der Waals surface area contributed by atoms with Gasteiger partial charge in [-0.2, -0.15) is 10.1 Å². The summed E-state index contributed by atoms with van der Waals surface area (Å²) < 4.78 is 23.6. The van der Waals surface area contributed by atoms with E-state index in [9.17, 15) is 8.42 Å². The molecular formula is C19H27N5O2S. The van der Waals surface area contributed by atoms with E-state index in [4.69, 9.17) is 0 Å². The average molecular weight is 390 g/mol. The number of benzene rings is 1. The number of nitrogens with zero attached hydrogens (tertiary/aromatic N) is 4. The number of anilines is 3. The zero-order valence-corrected chi connectivity index (χ0v) is 17.1. The Balaban J connectivity index is 1.77. The molecule has 1 aliphatic rings. The van der Waals surface area contributed by atoms with Gasteiger partial charge in [-0.3, -0.25) is 0 Å². The fraction of sp³-hybridized carbons (Fsp3) is 0.526. The fourth-order valence-corrected chi connectivity index (χ4v) is 5.03. The molecule has 1 atom stereocenters. The number of hydrogen-bond acceptors (Lipinski definition) is 7. The molecule has 1 aromatic carbocycles. The summed E-state index contributed by atoms with van der Waals surface area (Å²) in [6.07, 6.45) is 2.21. The van der Waals surface area contributed by atoms with Crippen molar-refractivity contribution in [3.8, 4) is 0 Å². The highest BCUT2D eigenvalue weighted by Crippen LogP contribution is 2.25. The van der Waals surface area contributed by atoms with Crippen LogP contribution in [0.15, 0.2) is 30.5 Å². The van der Waals surface area contributed by atoms with Crippen LogP contribution < -0.4 is 10.2 Å². The third-order valence-corrected chi connectivity index (χ3v) is 6.59. The minimum absolute atomic E-state index is 0.0596. The van der Waals surface area contributed by atoms with Gasteiger partial charge in [-0.1, -0.05) is 32.9 Å². The van der Waals surface area contributed by atoms with Crippen molar-refractivity contribution < 1.29 is 8.42 Å². The van der Waals surface area contributed by atoms with Crippen LogP contribution >= 0.6 is 0 Å². The molecule has 8 heteroatoms. The molecule has 0 saturated carbocycles. The Kier molecular flexibility index (Phi) is 5.37. The maximum atomic E-state index is 11.8. The summed E-state index contributed by atoms with van der Waals surface area (Å²) in [7, 11) is -2.95. The third-order valence-electron chi connectivity index (χ3n) is 4.84. The van der Waals surface area contributed by atoms with Crippen molar-refractivity contribution in [2.24, 2.45) is 0 Å². The van der Waals surface area contributed by atoms with Crippen molar-refractivity contribution in [2.45, 2.75) is 45.6 Å². The van der Waals surface area contributed by atoms with Crippen LogP contribution in [0.25, 0.3) is 0 Å². The molecule has 0 bridgehead atoms. The summed E-state index contributed by atoms with van der Waals surface area (Å²) in [5.41, 5.74) is 2.23. The molecular weight excluding hydrogens is 362 g/mol. The van der Waals surface area contributed by atoms with Crippen LogP contribution in [-0.2, 0) is 15.3 Å². The maximum absolute atomic E-state index is 11.8. The number of nitrogens with one attached hydrogen (secondary N) is 1. The summed E-state index contributed by atoms with van der Waals surface area (Å²) >= 11 is 0. The van der Waals surface area contributed by atoms with E-state index < -0.39 is 9.84 Å². The normalized spacial score (nSPS) is 19.0. The molecule has 27 heavy (non-hydrogen) atoms. The predicted molar refractivity (Wildman–Crippen MR) is 108 cm³/mol. The number of aromatic nitrogens is 3. The molecule has 2 heterocycles. The van der Waals surface area contributed by atoms with Crippen molar-refractivity contribution in [1.82, 2.24) is 15.2 Å². The Bertz CT molecular complexity index is 891. The number of hydrogen-bond donors (Lipinski definition) is 1. The Morgan fingerprint density at radius 1 is 1.22 bits per heavy atom. The van der Waals surface area contributed by atoms with Gasteiger partial charge in [-0.25, -0.2) is 8.42 Å². The highest BCUT2D eigenvalue weighted by atomic mass is 32.2. The molecule has 1 N–H and O–H groups in total. The van der Waals surface area contributed by atoms with E-state index in [0.29, 0.717) is 24.7 Å². The fourth-order valence-electron chi connectivity index (χ4n) is 3.30. The van der Waals surface area contributed by atoms with Gasteiger partial charge >= 0.3 is 0 Å². The Labute approximate surface area is 161 Å². The van der Waals surface area contributed by atoms with Crippen LogP contribution in [0.3, 0.4) is 0 Å². The van der Waals surface area contributed by atoms with Gasteiger partial charge in [0, 0.05) is 18.3 Å². The van der Waals surface area contributed by atoms with Gasteiger partial charge in [0.15, 0.2) is 15.7 Å². The van der Waals surface area contributed by atoms with Crippen LogP contribution in [0, 0.1) is 0 Å². The second-order valence-electron chi connectivity index (χ2n) is 7.93. The second-order valence-corrected chi connectivity index (χ2v) is 10.2. The van der Waals surface area contributed by atoms with Crippen molar-refractivity contribution in [3.63, 3.8) is 0 Å². The van der Waals surface area contributed by atoms with Crippen molar-refractivity contribution in [2.75, 3.05) is 28.3 Å². The standard InChI is InChI=1S/C19H27N5O2S/c1-5-24(16-10-11-27(25,26)13-16)17-12-20-23-18(22-17)21-15-8-6-14(7-9-15)19(2,3)4/h6-9,12,16H,5,10-11,13H2,1-4H3,(H,21,22,23). The Morgan fingerprint density at radius 2 is 1.93 bits per heavy atom. The molecule has 3 rings (SSSR count). The van der Waals surface area contributed by atoms with Crippen LogP contribution in [-0.4, -0.2) is 47.7 Å². The lowest BCUT2D eigenvalue weighted by Gasteiger charge is -2.27. The first kappa shape index (κ1) is 19.5. The van der Waals surface area contributed by atoms with Gasteiger partial charge in [0.25, 0.3) is 0 Å². The molecule has 1 unspecified atom stereocenters. The van der Waals surface area contributed by atoms with E-state index in [1.165, 1.54) is 5.56 Å². The van der Waals surface area contributed by atoms with Gasteiger partial charge in [0.1, 0.15) is 0 Å². The van der Waals surface area contributed by atoms with E-state index in [-0.39, 0.29) is 23.0 Å². The highest BCUT2D eigenvalue weighted by molar-refractivity contribution is 7.91. The largest absolute Gasteiger partial charge is 0.351 e. The van der Waals surface area contributed by atoms with E-state index in [1.807, 2.05) is 24.0 Å². The summed E-state index contributed by atoms with van der Waals surface area (Å²) in [6.45, 7) is 9.18. The summed E-state index contributed by atoms with van der Waals surface area (Å²) in [5.74, 6) is 1.44. The SMILES string of the molecule is CCN(c1cnnc(Nc2ccc(C(C)(C)C)cc2)n1)C1CCS(=O)(=O)C1. The molecule has 7 nitrogen and oxygen atoms in total. The number of rotatable bonds is 5. The summed E-state index contributed by atoms with van der Waals surface area (Å²) in [5, 5.41) is 11.3. The molecule has 0 radical (unpaired) electrons. The van der Waals surface area contributed by atoms with E-state index >= 15 is 0 Å². The van der Waals surface area contributed by atoms with Crippen LogP contribution in [0.1, 0.15) is 39.7 Å². The molecule has 1 fully saturated rings. The van der Waals surface area contributed by atoms with Crippen molar-refractivity contribution in [3.05, 3.63) is 36.0 Å². The molecule has 1 aromatic heterocycles. The topological polar surface area (TPSA) is 88.1 Å². The Hall–Kier alpha value is -2.22. The molecule has 0 spiro atoms. The van der Waals surface area contributed by atoms with E-state index in [1.54, 1.807) is 6.20 Å². The molecule has 1 saturated heterocycles. The van der Waals surface area contributed by atoms with Gasteiger partial charge in [0.05, 0.1) is 17.7 Å². The average Bonchev–Trinajstić information content (AvgIpc) is 2.95. The van der Waals surface area contributed by atoms with Crippen LogP contribution in [0.4, 0.5) is 17.5 Å². The summed E-state index contributed by atoms with van der Waals surface area (Å²) in [4.78, 5) is 6.54. The lowest BCUT2D eigenvalue weighted by Crippen LogP contribution is -2.37. The van der Waals surface area contributed by atoms with E-state index in [2.05, 4.69) is 53.4 Å². The van der Waals surface area contributed by atoms with Crippen molar-refractivity contribution in [1.29, 1.82) is 0 Å². The lowest BCUT2D eigenvalue weighted by atomic mass is 9.87. The van der Waals surface area contributed by atoms with Crippen LogP contribution in [0.5, 0.6) is 0 Å². The monoisotopic (exact) mass is 389 g/mol. The predicted octanol–water partition coefficient (Wildman–Crippen LogP) is 2.93. The second kappa shape index (κ2) is 7.42. The first-order valence-corrected chi connectivity index (χ1v) is 11.0. The van der Waals surface area contributed by atoms with Gasteiger partial charge in [0.2, 0.25) is 5.95 Å². The first-order valence-electron chi connectivity index (χ1n) is 9.22. The van der Waals surface area contributed by atoms with Gasteiger partial charge in [-0.05, 0) is 36.5 Å². The molecule has 1 aliphatic heterocycles. The molecule has 2 aromatic rings. The lowest BCUT2D eigenvalue weighted by molar-refractivity contribution is 0.590. The maximum Gasteiger partial charge on any atom is 0.249 e. The van der Waals surface area contributed by atoms with Gasteiger partial charge < -0.3 is 10.2 Å². The smallest absolute Gasteiger partial charge is 0.249 e. The molecule has 0 aliphatic carbocycles. The summed E-state index contributed by atoms with van der Waals surface area (Å²) in [6, 6.07) is 8.11. The quantitative estimate of drug-likeness (QED) is 0.841. The minimum Gasteiger partial charge on any atom is -0.351 e. The van der Waals surface area contributed by atoms with Crippen LogP contribution in [0.2, 0.25) is 0 Å². The first-order chi connectivity index (χ1) is 12.7. The molecule has 146 valence electrons.